The van der Waals surface area contributed by atoms with E-state index in [0.29, 0.717) is 6.61 Å². The van der Waals surface area contributed by atoms with Gasteiger partial charge in [-0.05, 0) is 63.9 Å². The maximum absolute atomic E-state index is 5.19. The molecule has 1 aromatic carbocycles. The van der Waals surface area contributed by atoms with Gasteiger partial charge in [0.1, 0.15) is 5.82 Å². The Morgan fingerprint density at radius 2 is 1.85 bits per heavy atom. The Morgan fingerprint density at radius 1 is 1.07 bits per heavy atom. The summed E-state index contributed by atoms with van der Waals surface area (Å²) in [7, 11) is 1.72. The van der Waals surface area contributed by atoms with Crippen LogP contribution in [-0.2, 0) is 11.3 Å². The average Bonchev–Trinajstić information content (AvgIpc) is 2.88. The van der Waals surface area contributed by atoms with Crippen molar-refractivity contribution in [1.29, 1.82) is 0 Å². The van der Waals surface area contributed by atoms with Crippen LogP contribution in [0.5, 0.6) is 0 Å². The van der Waals surface area contributed by atoms with Crippen LogP contribution in [-0.4, -0.2) is 29.5 Å². The van der Waals surface area contributed by atoms with E-state index in [-0.39, 0.29) is 0 Å². The topological polar surface area (TPSA) is 51.4 Å². The lowest BCUT2D eigenvalue weighted by Gasteiger charge is -2.09. The number of pyridine rings is 1. The quantitative estimate of drug-likeness (QED) is 0.511. The number of aryl methyl sites for hydroxylation is 4. The molecule has 0 amide bonds. The molecule has 5 nitrogen and oxygen atoms in total. The molecule has 0 radical (unpaired) electrons. The summed E-state index contributed by atoms with van der Waals surface area (Å²) in [6, 6.07) is 8.53. The van der Waals surface area contributed by atoms with E-state index in [1.54, 1.807) is 7.11 Å². The van der Waals surface area contributed by atoms with Crippen LogP contribution in [0.15, 0.2) is 29.4 Å². The molecule has 2 heterocycles. The number of nitrogens with one attached hydrogen (secondary N) is 1. The average molecular weight is 364 g/mol. The standard InChI is InChI=1S/C22H28N4O/c1-14-9-16(3)22-20(10-14)15(2)11-21(24-22)25-23-13-19-12-17(4)26(18(19)5)7-8-27-6/h9-13H,7-8H2,1-6H3,(H,24,25). The van der Waals surface area contributed by atoms with Crippen LogP contribution >= 0.6 is 0 Å². The van der Waals surface area contributed by atoms with Crippen molar-refractivity contribution in [2.75, 3.05) is 19.1 Å². The van der Waals surface area contributed by atoms with Crippen LogP contribution in [0.25, 0.3) is 10.9 Å². The van der Waals surface area contributed by atoms with E-state index >= 15 is 0 Å². The normalized spacial score (nSPS) is 11.6. The third kappa shape index (κ3) is 4.03. The minimum absolute atomic E-state index is 0.699. The van der Waals surface area contributed by atoms with Crippen LogP contribution < -0.4 is 5.43 Å². The summed E-state index contributed by atoms with van der Waals surface area (Å²) in [5, 5.41) is 5.62. The molecule has 0 atom stereocenters. The Morgan fingerprint density at radius 3 is 2.59 bits per heavy atom. The zero-order valence-corrected chi connectivity index (χ0v) is 17.1. The molecule has 1 N–H and O–H groups in total. The molecule has 0 aliphatic heterocycles. The SMILES string of the molecule is COCCn1c(C)cc(C=NNc2cc(C)c3cc(C)cc(C)c3n2)c1C. The number of nitrogens with zero attached hydrogens (tertiary/aromatic N) is 3. The molecular weight excluding hydrogens is 336 g/mol. The van der Waals surface area contributed by atoms with E-state index in [0.717, 1.165) is 23.4 Å². The lowest BCUT2D eigenvalue weighted by Crippen LogP contribution is -2.07. The number of benzene rings is 1. The van der Waals surface area contributed by atoms with Crippen molar-refractivity contribution >= 4 is 22.9 Å². The summed E-state index contributed by atoms with van der Waals surface area (Å²) in [5.74, 6) is 0.761. The van der Waals surface area contributed by atoms with Crippen molar-refractivity contribution in [3.8, 4) is 0 Å². The fourth-order valence-electron chi connectivity index (χ4n) is 3.55. The fraction of sp³-hybridized carbons (Fsp3) is 0.364. The van der Waals surface area contributed by atoms with E-state index in [1.165, 1.54) is 33.5 Å². The monoisotopic (exact) mass is 364 g/mol. The van der Waals surface area contributed by atoms with Crippen LogP contribution in [0.3, 0.4) is 0 Å². The first-order valence-electron chi connectivity index (χ1n) is 9.24. The largest absolute Gasteiger partial charge is 0.383 e. The number of rotatable bonds is 6. The van der Waals surface area contributed by atoms with E-state index in [2.05, 4.69) is 67.9 Å². The number of anilines is 1. The maximum atomic E-state index is 5.19. The smallest absolute Gasteiger partial charge is 0.147 e. The molecule has 0 saturated carbocycles. The number of aromatic nitrogens is 2. The minimum Gasteiger partial charge on any atom is -0.383 e. The highest BCUT2D eigenvalue weighted by Crippen LogP contribution is 2.24. The van der Waals surface area contributed by atoms with Crippen molar-refractivity contribution in [3.05, 3.63) is 57.9 Å². The summed E-state index contributed by atoms with van der Waals surface area (Å²) in [6.07, 6.45) is 1.86. The van der Waals surface area contributed by atoms with Gasteiger partial charge < -0.3 is 9.30 Å². The summed E-state index contributed by atoms with van der Waals surface area (Å²) >= 11 is 0. The second-order valence-electron chi connectivity index (χ2n) is 7.14. The van der Waals surface area contributed by atoms with E-state index < -0.39 is 0 Å². The van der Waals surface area contributed by atoms with E-state index in [9.17, 15) is 0 Å². The summed E-state index contributed by atoms with van der Waals surface area (Å²) < 4.78 is 7.44. The van der Waals surface area contributed by atoms with E-state index in [1.807, 2.05) is 12.3 Å². The molecule has 0 aliphatic rings. The maximum Gasteiger partial charge on any atom is 0.147 e. The van der Waals surface area contributed by atoms with Gasteiger partial charge in [0, 0.05) is 36.0 Å². The molecule has 2 aromatic heterocycles. The first-order valence-corrected chi connectivity index (χ1v) is 9.24. The van der Waals surface area contributed by atoms with Gasteiger partial charge in [-0.1, -0.05) is 11.6 Å². The van der Waals surface area contributed by atoms with Crippen LogP contribution in [0.2, 0.25) is 0 Å². The Balaban J connectivity index is 1.83. The third-order valence-electron chi connectivity index (χ3n) is 4.97. The van der Waals surface area contributed by atoms with Crippen molar-refractivity contribution < 1.29 is 4.74 Å². The molecule has 0 fully saturated rings. The first kappa shape index (κ1) is 19.1. The third-order valence-corrected chi connectivity index (χ3v) is 4.97. The zero-order chi connectivity index (χ0) is 19.6. The summed E-state index contributed by atoms with van der Waals surface area (Å²) in [6.45, 7) is 12.1. The van der Waals surface area contributed by atoms with Crippen LogP contribution in [0.1, 0.15) is 33.6 Å². The lowest BCUT2D eigenvalue weighted by molar-refractivity contribution is 0.186. The van der Waals surface area contributed by atoms with Crippen LogP contribution in [0, 0.1) is 34.6 Å². The number of hydrazone groups is 1. The number of fused-ring (bicyclic) bond motifs is 1. The Labute approximate surface area is 161 Å². The van der Waals surface area contributed by atoms with Gasteiger partial charge in [0.2, 0.25) is 0 Å². The highest BCUT2D eigenvalue weighted by molar-refractivity contribution is 5.87. The van der Waals surface area contributed by atoms with Crippen molar-refractivity contribution in [2.24, 2.45) is 5.10 Å². The molecule has 142 valence electrons. The second-order valence-corrected chi connectivity index (χ2v) is 7.14. The molecule has 0 saturated heterocycles. The number of hydrogen-bond acceptors (Lipinski definition) is 4. The molecule has 27 heavy (non-hydrogen) atoms. The molecule has 5 heteroatoms. The predicted octanol–water partition coefficient (Wildman–Crippen LogP) is 4.67. The van der Waals surface area contributed by atoms with Crippen molar-refractivity contribution in [2.45, 2.75) is 41.2 Å². The number of ether oxygens (including phenoxy) is 1. The van der Waals surface area contributed by atoms with Gasteiger partial charge >= 0.3 is 0 Å². The minimum atomic E-state index is 0.699. The van der Waals surface area contributed by atoms with Gasteiger partial charge in [-0.15, -0.1) is 0 Å². The number of methoxy groups -OCH3 is 1. The summed E-state index contributed by atoms with van der Waals surface area (Å²) in [4.78, 5) is 4.75. The van der Waals surface area contributed by atoms with Gasteiger partial charge in [0.15, 0.2) is 0 Å². The molecule has 3 aromatic rings. The fourth-order valence-corrected chi connectivity index (χ4v) is 3.55. The Bertz CT molecular complexity index is 1000. The molecule has 3 rings (SSSR count). The Kier molecular flexibility index (Phi) is 5.61. The van der Waals surface area contributed by atoms with E-state index in [4.69, 9.17) is 9.72 Å². The molecule has 0 spiro atoms. The Hall–Kier alpha value is -2.66. The molecule has 0 aliphatic carbocycles. The van der Waals surface area contributed by atoms with Gasteiger partial charge in [0.25, 0.3) is 0 Å². The highest BCUT2D eigenvalue weighted by atomic mass is 16.5. The van der Waals surface area contributed by atoms with Crippen LogP contribution in [0.4, 0.5) is 5.82 Å². The first-order chi connectivity index (χ1) is 12.9. The van der Waals surface area contributed by atoms with Gasteiger partial charge in [0.05, 0.1) is 18.3 Å². The highest BCUT2D eigenvalue weighted by Gasteiger charge is 2.08. The van der Waals surface area contributed by atoms with Gasteiger partial charge in [-0.25, -0.2) is 4.98 Å². The molecule has 0 bridgehead atoms. The van der Waals surface area contributed by atoms with Gasteiger partial charge in [-0.2, -0.15) is 5.10 Å². The van der Waals surface area contributed by atoms with Crippen molar-refractivity contribution in [3.63, 3.8) is 0 Å². The molecular formula is C22H28N4O. The zero-order valence-electron chi connectivity index (χ0n) is 17.1. The number of hydrogen-bond donors (Lipinski definition) is 1. The lowest BCUT2D eigenvalue weighted by atomic mass is 10.0. The summed E-state index contributed by atoms with van der Waals surface area (Å²) in [5.41, 5.74) is 11.2. The van der Waals surface area contributed by atoms with Gasteiger partial charge in [-0.3, -0.25) is 5.43 Å². The predicted molar refractivity (Wildman–Crippen MR) is 113 cm³/mol. The second kappa shape index (κ2) is 7.92. The van der Waals surface area contributed by atoms with Crippen molar-refractivity contribution in [1.82, 2.24) is 9.55 Å². The molecule has 0 unspecified atom stereocenters.